The molecule has 0 saturated heterocycles. The minimum Gasteiger partial charge on any atom is -0.398 e. The molecule has 0 saturated carbocycles. The number of benzene rings is 1. The van der Waals surface area contributed by atoms with Crippen LogP contribution in [0.3, 0.4) is 0 Å². The fourth-order valence-corrected chi connectivity index (χ4v) is 2.21. The van der Waals surface area contributed by atoms with Crippen LogP contribution in [0.1, 0.15) is 5.56 Å². The van der Waals surface area contributed by atoms with Gasteiger partial charge >= 0.3 is 0 Å². The van der Waals surface area contributed by atoms with Crippen molar-refractivity contribution in [1.82, 2.24) is 0 Å². The minimum atomic E-state index is -0.636. The Hall–Kier alpha value is -0.230. The summed E-state index contributed by atoms with van der Waals surface area (Å²) in [4.78, 5) is 0. The fraction of sp³-hybridized carbons (Fsp3) is 0.400. The summed E-state index contributed by atoms with van der Waals surface area (Å²) in [6.45, 7) is -0.185. The van der Waals surface area contributed by atoms with Crippen LogP contribution >= 0.6 is 27.7 Å². The van der Waals surface area contributed by atoms with E-state index in [4.69, 9.17) is 15.9 Å². The molecular formula is C10H14BrNO2S. The van der Waals surface area contributed by atoms with E-state index in [1.165, 1.54) is 0 Å². The molecule has 84 valence electrons. The average molecular weight is 292 g/mol. The highest BCUT2D eigenvalue weighted by molar-refractivity contribution is 9.10. The fourth-order valence-electron chi connectivity index (χ4n) is 1.05. The molecule has 1 aromatic carbocycles. The molecule has 0 aliphatic carbocycles. The molecule has 0 bridgehead atoms. The van der Waals surface area contributed by atoms with Crippen molar-refractivity contribution < 1.29 is 10.2 Å². The molecule has 3 nitrogen and oxygen atoms in total. The first-order valence-electron chi connectivity index (χ1n) is 4.54. The quantitative estimate of drug-likeness (QED) is 0.721. The standard InChI is InChI=1S/C10H14BrNO2S/c11-9-2-1-7(3-10(9)12)5-15-6-8(14)4-13/h1-3,8,13-14H,4-6,12H2. The number of anilines is 1. The largest absolute Gasteiger partial charge is 0.398 e. The molecular weight excluding hydrogens is 278 g/mol. The zero-order chi connectivity index (χ0) is 11.3. The van der Waals surface area contributed by atoms with Gasteiger partial charge in [-0.15, -0.1) is 0 Å². The molecule has 0 spiro atoms. The van der Waals surface area contributed by atoms with Crippen molar-refractivity contribution >= 4 is 33.4 Å². The highest BCUT2D eigenvalue weighted by atomic mass is 79.9. The van der Waals surface area contributed by atoms with Crippen LogP contribution in [0.5, 0.6) is 0 Å². The van der Waals surface area contributed by atoms with Crippen molar-refractivity contribution in [1.29, 1.82) is 0 Å². The average Bonchev–Trinajstić information content (AvgIpc) is 2.23. The molecule has 4 N–H and O–H groups in total. The Morgan fingerprint density at radius 3 is 2.80 bits per heavy atom. The first-order valence-corrected chi connectivity index (χ1v) is 6.49. The predicted molar refractivity (Wildman–Crippen MR) is 67.8 cm³/mol. The Labute approximate surface area is 102 Å². The predicted octanol–water partition coefficient (Wildman–Crippen LogP) is 1.62. The van der Waals surface area contributed by atoms with E-state index in [9.17, 15) is 0 Å². The first-order chi connectivity index (χ1) is 7.13. The number of thioether (sulfide) groups is 1. The maximum atomic E-state index is 9.13. The van der Waals surface area contributed by atoms with Crippen LogP contribution in [-0.4, -0.2) is 28.7 Å². The maximum Gasteiger partial charge on any atom is 0.0861 e. The van der Waals surface area contributed by atoms with Gasteiger partial charge in [0, 0.05) is 21.7 Å². The molecule has 1 unspecified atom stereocenters. The van der Waals surface area contributed by atoms with Crippen molar-refractivity contribution in [3.05, 3.63) is 28.2 Å². The van der Waals surface area contributed by atoms with Crippen LogP contribution in [0.4, 0.5) is 5.69 Å². The lowest BCUT2D eigenvalue weighted by molar-refractivity contribution is 0.113. The molecule has 0 heterocycles. The molecule has 0 aliphatic rings. The molecule has 0 radical (unpaired) electrons. The Kier molecular flexibility index (Phi) is 5.45. The van der Waals surface area contributed by atoms with Crippen LogP contribution in [0.2, 0.25) is 0 Å². The summed E-state index contributed by atoms with van der Waals surface area (Å²) in [6.07, 6.45) is -0.636. The zero-order valence-corrected chi connectivity index (χ0v) is 10.6. The molecule has 0 aromatic heterocycles. The van der Waals surface area contributed by atoms with Gasteiger partial charge in [-0.2, -0.15) is 11.8 Å². The van der Waals surface area contributed by atoms with E-state index in [0.717, 1.165) is 21.5 Å². The lowest BCUT2D eigenvalue weighted by atomic mass is 10.2. The van der Waals surface area contributed by atoms with E-state index in [-0.39, 0.29) is 6.61 Å². The van der Waals surface area contributed by atoms with Gasteiger partial charge in [0.1, 0.15) is 0 Å². The van der Waals surface area contributed by atoms with Crippen molar-refractivity contribution in [2.24, 2.45) is 0 Å². The second kappa shape index (κ2) is 6.37. The molecule has 0 aliphatic heterocycles. The van der Waals surface area contributed by atoms with Gasteiger partial charge in [0.05, 0.1) is 12.7 Å². The molecule has 15 heavy (non-hydrogen) atoms. The lowest BCUT2D eigenvalue weighted by Gasteiger charge is -2.07. The number of halogens is 1. The normalized spacial score (nSPS) is 12.7. The van der Waals surface area contributed by atoms with Gasteiger partial charge in [-0.05, 0) is 33.6 Å². The van der Waals surface area contributed by atoms with Gasteiger partial charge in [0.2, 0.25) is 0 Å². The van der Waals surface area contributed by atoms with Crippen LogP contribution in [0.25, 0.3) is 0 Å². The summed E-state index contributed by atoms with van der Waals surface area (Å²) < 4.78 is 0.895. The number of hydrogen-bond donors (Lipinski definition) is 3. The second-order valence-corrected chi connectivity index (χ2v) is 5.09. The highest BCUT2D eigenvalue weighted by Gasteiger charge is 2.03. The summed E-state index contributed by atoms with van der Waals surface area (Å²) in [5.41, 5.74) is 7.57. The number of aliphatic hydroxyl groups excluding tert-OH is 2. The van der Waals surface area contributed by atoms with E-state index in [1.807, 2.05) is 18.2 Å². The van der Waals surface area contributed by atoms with E-state index >= 15 is 0 Å². The SMILES string of the molecule is Nc1cc(CSCC(O)CO)ccc1Br. The van der Waals surface area contributed by atoms with Gasteiger partial charge < -0.3 is 15.9 Å². The van der Waals surface area contributed by atoms with Crippen LogP contribution in [0.15, 0.2) is 22.7 Å². The van der Waals surface area contributed by atoms with Crippen LogP contribution in [-0.2, 0) is 5.75 Å². The van der Waals surface area contributed by atoms with Crippen LogP contribution < -0.4 is 5.73 Å². The summed E-state index contributed by atoms with van der Waals surface area (Å²) in [7, 11) is 0. The third kappa shape index (κ3) is 4.42. The van der Waals surface area contributed by atoms with Crippen molar-refractivity contribution in [2.45, 2.75) is 11.9 Å². The summed E-state index contributed by atoms with van der Waals surface area (Å²) in [6, 6.07) is 5.80. The summed E-state index contributed by atoms with van der Waals surface area (Å²) in [5.74, 6) is 1.32. The van der Waals surface area contributed by atoms with Gasteiger partial charge in [-0.1, -0.05) is 6.07 Å². The number of nitrogen functional groups attached to an aromatic ring is 1. The molecule has 0 amide bonds. The number of rotatable bonds is 5. The molecule has 1 aromatic rings. The summed E-state index contributed by atoms with van der Waals surface area (Å²) >= 11 is 4.90. The smallest absolute Gasteiger partial charge is 0.0861 e. The summed E-state index contributed by atoms with van der Waals surface area (Å²) in [5, 5.41) is 17.8. The molecule has 1 rings (SSSR count). The third-order valence-corrected chi connectivity index (χ3v) is 3.73. The Bertz CT molecular complexity index is 322. The van der Waals surface area contributed by atoms with E-state index in [0.29, 0.717) is 5.75 Å². The third-order valence-electron chi connectivity index (χ3n) is 1.85. The van der Waals surface area contributed by atoms with Crippen LogP contribution in [0, 0.1) is 0 Å². The first kappa shape index (κ1) is 12.8. The van der Waals surface area contributed by atoms with Crippen molar-refractivity contribution in [2.75, 3.05) is 18.1 Å². The topological polar surface area (TPSA) is 66.5 Å². The Morgan fingerprint density at radius 2 is 2.20 bits per heavy atom. The minimum absolute atomic E-state index is 0.185. The van der Waals surface area contributed by atoms with E-state index in [2.05, 4.69) is 15.9 Å². The maximum absolute atomic E-state index is 9.13. The molecule has 1 atom stereocenters. The van der Waals surface area contributed by atoms with Crippen molar-refractivity contribution in [3.8, 4) is 0 Å². The second-order valence-electron chi connectivity index (χ2n) is 3.21. The Balaban J connectivity index is 2.41. The zero-order valence-electron chi connectivity index (χ0n) is 8.19. The molecule has 0 fully saturated rings. The number of aliphatic hydroxyl groups is 2. The van der Waals surface area contributed by atoms with Crippen molar-refractivity contribution in [3.63, 3.8) is 0 Å². The van der Waals surface area contributed by atoms with Gasteiger partial charge in [0.25, 0.3) is 0 Å². The molecule has 5 heteroatoms. The number of nitrogens with two attached hydrogens (primary N) is 1. The highest BCUT2D eigenvalue weighted by Crippen LogP contribution is 2.22. The van der Waals surface area contributed by atoms with Gasteiger partial charge in [0.15, 0.2) is 0 Å². The van der Waals surface area contributed by atoms with E-state index in [1.54, 1.807) is 11.8 Å². The van der Waals surface area contributed by atoms with E-state index < -0.39 is 6.10 Å². The van der Waals surface area contributed by atoms with Gasteiger partial charge in [-0.3, -0.25) is 0 Å². The number of hydrogen-bond acceptors (Lipinski definition) is 4. The monoisotopic (exact) mass is 291 g/mol. The Morgan fingerprint density at radius 1 is 1.47 bits per heavy atom. The van der Waals surface area contributed by atoms with Gasteiger partial charge in [-0.25, -0.2) is 0 Å². The lowest BCUT2D eigenvalue weighted by Crippen LogP contribution is -2.14.